The van der Waals surface area contributed by atoms with Crippen molar-refractivity contribution in [2.75, 3.05) is 0 Å². The van der Waals surface area contributed by atoms with Gasteiger partial charge in [0, 0.05) is 12.5 Å². The zero-order chi connectivity index (χ0) is 31.1. The Morgan fingerprint density at radius 3 is 1.77 bits per heavy atom. The fourth-order valence-electron chi connectivity index (χ4n) is 3.54. The second kappa shape index (κ2) is 13.6. The van der Waals surface area contributed by atoms with Gasteiger partial charge >= 0.3 is 23.9 Å². The van der Waals surface area contributed by atoms with E-state index < -0.39 is 35.0 Å². The molecule has 0 heterocycles. The molecule has 2 atom stereocenters. The molecule has 0 aliphatic rings. The average Bonchev–Trinajstić information content (AvgIpc) is 2.77. The molecule has 1 aromatic carbocycles. The van der Waals surface area contributed by atoms with E-state index in [1.54, 1.807) is 26.8 Å². The Hall–Kier alpha value is -2.94. The van der Waals surface area contributed by atoms with Gasteiger partial charge < -0.3 is 19.3 Å². The Labute approximate surface area is 239 Å². The van der Waals surface area contributed by atoms with Crippen molar-refractivity contribution in [2.45, 2.75) is 120 Å². The van der Waals surface area contributed by atoms with E-state index in [0.717, 1.165) is 0 Å². The highest BCUT2D eigenvalue weighted by Gasteiger charge is 2.46. The molecule has 226 valence electrons. The van der Waals surface area contributed by atoms with Gasteiger partial charge in [0.05, 0.1) is 18.3 Å². The summed E-state index contributed by atoms with van der Waals surface area (Å²) in [6.07, 6.45) is 1.01. The van der Waals surface area contributed by atoms with E-state index in [1.165, 1.54) is 12.1 Å². The molecule has 1 rings (SSSR count). The molecule has 0 saturated carbocycles. The number of carbonyl (C=O) groups is 4. The monoisotopic (exact) mass is 563 g/mol. The van der Waals surface area contributed by atoms with Crippen molar-refractivity contribution in [2.24, 2.45) is 16.2 Å². The standard InChI is InChI=1S/C31H49NO8/c1-12-20(3)32-31(26(35)36,40-27(37)30(10,11)13-2)17-21-14-15-22(38-24(33)18-28(4,5)6)23(16-21)39-25(34)19-29(7,8)9/h14-16,20,32H,12-13,17-19H2,1-11H3,(H,35,36)/t20?,31-/m0/s1. The number of benzene rings is 1. The third-order valence-corrected chi connectivity index (χ3v) is 6.40. The molecule has 1 unspecified atom stereocenters. The summed E-state index contributed by atoms with van der Waals surface area (Å²) in [4.78, 5) is 51.1. The number of carboxylic acids is 1. The second-order valence-corrected chi connectivity index (χ2v) is 13.6. The number of rotatable bonds is 13. The normalized spacial score (nSPS) is 14.6. The summed E-state index contributed by atoms with van der Waals surface area (Å²) in [5.74, 6) is -3.02. The molecule has 40 heavy (non-hydrogen) atoms. The van der Waals surface area contributed by atoms with Gasteiger partial charge in [-0.1, -0.05) is 61.5 Å². The minimum absolute atomic E-state index is 0.0166. The van der Waals surface area contributed by atoms with Gasteiger partial charge in [-0.3, -0.25) is 19.7 Å². The fourth-order valence-corrected chi connectivity index (χ4v) is 3.54. The van der Waals surface area contributed by atoms with E-state index in [-0.39, 0.29) is 47.6 Å². The highest BCUT2D eigenvalue weighted by atomic mass is 16.6. The summed E-state index contributed by atoms with van der Waals surface area (Å²) in [7, 11) is 0. The first-order chi connectivity index (χ1) is 18.1. The predicted octanol–water partition coefficient (Wildman–Crippen LogP) is 6.06. The van der Waals surface area contributed by atoms with Gasteiger partial charge in [0.15, 0.2) is 11.5 Å². The molecule has 0 saturated heterocycles. The van der Waals surface area contributed by atoms with Crippen LogP contribution in [0.25, 0.3) is 0 Å². The third-order valence-electron chi connectivity index (χ3n) is 6.40. The zero-order valence-corrected chi connectivity index (χ0v) is 26.1. The van der Waals surface area contributed by atoms with E-state index in [4.69, 9.17) is 14.2 Å². The first-order valence-corrected chi connectivity index (χ1v) is 13.9. The maximum atomic E-state index is 13.1. The summed E-state index contributed by atoms with van der Waals surface area (Å²) < 4.78 is 16.9. The van der Waals surface area contributed by atoms with Crippen LogP contribution >= 0.6 is 0 Å². The van der Waals surface area contributed by atoms with E-state index in [9.17, 15) is 24.3 Å². The molecule has 0 aliphatic carbocycles. The van der Waals surface area contributed by atoms with Gasteiger partial charge in [0.2, 0.25) is 0 Å². The highest BCUT2D eigenvalue weighted by Crippen LogP contribution is 2.34. The van der Waals surface area contributed by atoms with Crippen LogP contribution in [0.2, 0.25) is 0 Å². The summed E-state index contributed by atoms with van der Waals surface area (Å²) in [6, 6.07) is 4.18. The van der Waals surface area contributed by atoms with Crippen molar-refractivity contribution in [3.8, 4) is 11.5 Å². The molecule has 0 radical (unpaired) electrons. The number of hydrogen-bond acceptors (Lipinski definition) is 8. The lowest BCUT2D eigenvalue weighted by Gasteiger charge is -2.35. The first-order valence-electron chi connectivity index (χ1n) is 13.9. The number of hydrogen-bond donors (Lipinski definition) is 2. The second-order valence-electron chi connectivity index (χ2n) is 13.6. The SMILES string of the molecule is CCC(C)N[C@@](Cc1ccc(OC(=O)CC(C)(C)C)c(OC(=O)CC(C)(C)C)c1)(OC(=O)C(C)(C)CC)C(=O)O. The number of carbonyl (C=O) groups excluding carboxylic acids is 3. The number of nitrogens with one attached hydrogen (secondary N) is 1. The lowest BCUT2D eigenvalue weighted by molar-refractivity contribution is -0.191. The zero-order valence-electron chi connectivity index (χ0n) is 26.1. The maximum Gasteiger partial charge on any atom is 0.364 e. The maximum absolute atomic E-state index is 13.1. The van der Waals surface area contributed by atoms with Gasteiger partial charge in [-0.05, 0) is 62.1 Å². The molecule has 0 spiro atoms. The van der Waals surface area contributed by atoms with Crippen LogP contribution in [0, 0.1) is 16.2 Å². The fraction of sp³-hybridized carbons (Fsp3) is 0.677. The molecule has 2 N–H and O–H groups in total. The van der Waals surface area contributed by atoms with Crippen molar-refractivity contribution in [3.05, 3.63) is 23.8 Å². The molecule has 1 aromatic rings. The Morgan fingerprint density at radius 1 is 0.850 bits per heavy atom. The van der Waals surface area contributed by atoms with Crippen LogP contribution in [0.1, 0.15) is 107 Å². The lowest BCUT2D eigenvalue weighted by Crippen LogP contribution is -2.60. The van der Waals surface area contributed by atoms with Crippen molar-refractivity contribution >= 4 is 23.9 Å². The first kappa shape index (κ1) is 35.1. The molecule has 0 bridgehead atoms. The van der Waals surface area contributed by atoms with Crippen LogP contribution in [0.3, 0.4) is 0 Å². The number of ether oxygens (including phenoxy) is 3. The molecular weight excluding hydrogens is 514 g/mol. The van der Waals surface area contributed by atoms with Gasteiger partial charge in [-0.15, -0.1) is 0 Å². The van der Waals surface area contributed by atoms with Gasteiger partial charge in [0.1, 0.15) is 0 Å². The van der Waals surface area contributed by atoms with Crippen LogP contribution < -0.4 is 14.8 Å². The van der Waals surface area contributed by atoms with Gasteiger partial charge in [0.25, 0.3) is 5.72 Å². The Kier molecular flexibility index (Phi) is 11.9. The van der Waals surface area contributed by atoms with Gasteiger partial charge in [-0.25, -0.2) is 4.79 Å². The minimum atomic E-state index is -2.09. The smallest absolute Gasteiger partial charge is 0.364 e. The topological polar surface area (TPSA) is 128 Å². The van der Waals surface area contributed by atoms with Crippen molar-refractivity contribution in [1.82, 2.24) is 5.32 Å². The van der Waals surface area contributed by atoms with Gasteiger partial charge in [-0.2, -0.15) is 0 Å². The highest BCUT2D eigenvalue weighted by molar-refractivity contribution is 5.84. The quantitative estimate of drug-likeness (QED) is 0.167. The molecule has 9 heteroatoms. The van der Waals surface area contributed by atoms with Crippen molar-refractivity contribution in [3.63, 3.8) is 0 Å². The van der Waals surface area contributed by atoms with Crippen molar-refractivity contribution in [1.29, 1.82) is 0 Å². The molecule has 0 amide bonds. The van der Waals surface area contributed by atoms with E-state index in [1.807, 2.05) is 55.4 Å². The number of carboxylic acid groups (broad SMARTS) is 1. The molecule has 0 aromatic heterocycles. The molecule has 0 aliphatic heterocycles. The predicted molar refractivity (Wildman–Crippen MR) is 153 cm³/mol. The summed E-state index contributed by atoms with van der Waals surface area (Å²) in [5.41, 5.74) is -3.27. The van der Waals surface area contributed by atoms with Crippen LogP contribution in [0.5, 0.6) is 11.5 Å². The van der Waals surface area contributed by atoms with E-state index >= 15 is 0 Å². The Bertz CT molecular complexity index is 1060. The lowest BCUT2D eigenvalue weighted by atomic mass is 9.90. The van der Waals surface area contributed by atoms with Crippen LogP contribution in [0.15, 0.2) is 18.2 Å². The summed E-state index contributed by atoms with van der Waals surface area (Å²) in [5, 5.41) is 13.3. The number of esters is 3. The summed E-state index contributed by atoms with van der Waals surface area (Å²) >= 11 is 0. The molecule has 0 fully saturated rings. The van der Waals surface area contributed by atoms with Crippen LogP contribution in [-0.4, -0.2) is 40.8 Å². The number of aliphatic carboxylic acids is 1. The molecule has 9 nitrogen and oxygen atoms in total. The Morgan fingerprint density at radius 2 is 1.35 bits per heavy atom. The minimum Gasteiger partial charge on any atom is -0.477 e. The van der Waals surface area contributed by atoms with E-state index in [0.29, 0.717) is 18.4 Å². The third kappa shape index (κ3) is 11.3. The summed E-state index contributed by atoms with van der Waals surface area (Å²) in [6.45, 7) is 20.3. The van der Waals surface area contributed by atoms with Crippen LogP contribution in [-0.2, 0) is 30.3 Å². The van der Waals surface area contributed by atoms with Crippen molar-refractivity contribution < 1.29 is 38.5 Å². The average molecular weight is 564 g/mol. The van der Waals surface area contributed by atoms with E-state index in [2.05, 4.69) is 5.32 Å². The molecular formula is C31H49NO8. The Balaban J connectivity index is 3.57. The van der Waals surface area contributed by atoms with Crippen LogP contribution in [0.4, 0.5) is 0 Å². The largest absolute Gasteiger partial charge is 0.477 e.